The van der Waals surface area contributed by atoms with Gasteiger partial charge in [0.1, 0.15) is 0 Å². The van der Waals surface area contributed by atoms with Gasteiger partial charge in [-0.15, -0.1) is 0 Å². The molecule has 0 saturated carbocycles. The minimum Gasteiger partial charge on any atom is -0.377 e. The average Bonchev–Trinajstić information content (AvgIpc) is 2.13. The molecule has 0 aliphatic heterocycles. The molecule has 0 heterocycles. The molecule has 0 aromatic heterocycles. The molecule has 0 rings (SSSR count). The number of hydrogen-bond acceptors (Lipinski definition) is 3. The van der Waals surface area contributed by atoms with Crippen LogP contribution in [0.15, 0.2) is 0 Å². The van der Waals surface area contributed by atoms with Gasteiger partial charge in [0.05, 0.1) is 5.60 Å². The maximum atomic E-state index is 5.48. The van der Waals surface area contributed by atoms with Gasteiger partial charge in [0.15, 0.2) is 0 Å². The number of hydrogen-bond donors (Lipinski definition) is 2. The van der Waals surface area contributed by atoms with E-state index in [9.17, 15) is 0 Å². The van der Waals surface area contributed by atoms with E-state index < -0.39 is 0 Å². The zero-order valence-corrected chi connectivity index (χ0v) is 8.68. The maximum Gasteiger partial charge on any atom is 0.0772 e. The summed E-state index contributed by atoms with van der Waals surface area (Å²) in [6.07, 6.45) is 1.01. The van der Waals surface area contributed by atoms with Crippen LogP contribution in [0, 0.1) is 0 Å². The lowest BCUT2D eigenvalue weighted by atomic mass is 10.0. The second-order valence-electron chi connectivity index (χ2n) is 3.53. The summed E-state index contributed by atoms with van der Waals surface area (Å²) in [5, 5.41) is 3.32. The van der Waals surface area contributed by atoms with E-state index in [-0.39, 0.29) is 5.60 Å². The Morgan fingerprint density at radius 2 is 2.17 bits per heavy atom. The molecule has 1 unspecified atom stereocenters. The van der Waals surface area contributed by atoms with Crippen LogP contribution in [0.2, 0.25) is 0 Å². The molecular weight excluding hydrogens is 152 g/mol. The average molecular weight is 174 g/mol. The second kappa shape index (κ2) is 5.51. The fraction of sp³-hybridized carbons (Fsp3) is 1.00. The van der Waals surface area contributed by atoms with E-state index in [1.807, 2.05) is 0 Å². The lowest BCUT2D eigenvalue weighted by Gasteiger charge is -2.28. The lowest BCUT2D eigenvalue weighted by Crippen LogP contribution is -2.44. The van der Waals surface area contributed by atoms with Crippen molar-refractivity contribution in [3.8, 4) is 0 Å². The van der Waals surface area contributed by atoms with Gasteiger partial charge in [-0.1, -0.05) is 6.92 Å². The van der Waals surface area contributed by atoms with Crippen molar-refractivity contribution in [1.82, 2.24) is 5.32 Å². The summed E-state index contributed by atoms with van der Waals surface area (Å²) in [7, 11) is 1.75. The zero-order valence-electron chi connectivity index (χ0n) is 8.68. The van der Waals surface area contributed by atoms with E-state index in [4.69, 9.17) is 10.5 Å². The van der Waals surface area contributed by atoms with Crippen LogP contribution in [-0.2, 0) is 4.74 Å². The molecule has 0 amide bonds. The molecule has 3 N–H and O–H groups in total. The summed E-state index contributed by atoms with van der Waals surface area (Å²) in [5.41, 5.74) is 5.43. The van der Waals surface area contributed by atoms with Crippen molar-refractivity contribution >= 4 is 0 Å². The monoisotopic (exact) mass is 174 g/mol. The molecule has 3 nitrogen and oxygen atoms in total. The largest absolute Gasteiger partial charge is 0.377 e. The first kappa shape index (κ1) is 11.9. The van der Waals surface area contributed by atoms with E-state index >= 15 is 0 Å². The molecule has 0 radical (unpaired) electrons. The molecule has 0 aromatic carbocycles. The van der Waals surface area contributed by atoms with Gasteiger partial charge in [0.25, 0.3) is 0 Å². The van der Waals surface area contributed by atoms with Crippen LogP contribution in [0.5, 0.6) is 0 Å². The Morgan fingerprint density at radius 3 is 2.50 bits per heavy atom. The van der Waals surface area contributed by atoms with Gasteiger partial charge in [0, 0.05) is 26.2 Å². The zero-order chi connectivity index (χ0) is 9.61. The highest BCUT2D eigenvalue weighted by Gasteiger charge is 2.20. The number of methoxy groups -OCH3 is 1. The first-order valence-corrected chi connectivity index (χ1v) is 4.56. The molecule has 0 aliphatic carbocycles. The van der Waals surface area contributed by atoms with E-state index in [2.05, 4.69) is 26.1 Å². The molecule has 0 fully saturated rings. The topological polar surface area (TPSA) is 47.3 Å². The molecule has 12 heavy (non-hydrogen) atoms. The smallest absolute Gasteiger partial charge is 0.0772 e. The minimum absolute atomic E-state index is 0.0522. The Labute approximate surface area is 75.7 Å². The number of ether oxygens (including phenoxy) is 1. The van der Waals surface area contributed by atoms with Crippen LogP contribution in [0.1, 0.15) is 27.2 Å². The van der Waals surface area contributed by atoms with E-state index in [0.717, 1.165) is 13.0 Å². The summed E-state index contributed by atoms with van der Waals surface area (Å²) in [5.74, 6) is 0. The van der Waals surface area contributed by atoms with Crippen LogP contribution >= 0.6 is 0 Å². The van der Waals surface area contributed by atoms with Crippen LogP contribution in [0.3, 0.4) is 0 Å². The Hall–Kier alpha value is -0.120. The summed E-state index contributed by atoms with van der Waals surface area (Å²) >= 11 is 0. The van der Waals surface area contributed by atoms with Crippen molar-refractivity contribution in [3.63, 3.8) is 0 Å². The summed E-state index contributed by atoms with van der Waals surface area (Å²) < 4.78 is 5.38. The Morgan fingerprint density at radius 1 is 1.58 bits per heavy atom. The molecule has 0 aromatic rings. The molecule has 0 aliphatic rings. The van der Waals surface area contributed by atoms with Gasteiger partial charge in [-0.25, -0.2) is 0 Å². The van der Waals surface area contributed by atoms with Crippen molar-refractivity contribution in [1.29, 1.82) is 0 Å². The Kier molecular flexibility index (Phi) is 5.46. The van der Waals surface area contributed by atoms with Crippen molar-refractivity contribution < 1.29 is 4.74 Å². The number of nitrogens with two attached hydrogens (primary N) is 1. The fourth-order valence-corrected chi connectivity index (χ4v) is 0.815. The predicted octanol–water partition coefficient (Wildman–Crippen LogP) is 0.738. The predicted molar refractivity (Wildman–Crippen MR) is 52.2 cm³/mol. The molecule has 74 valence electrons. The quantitative estimate of drug-likeness (QED) is 0.624. The molecule has 0 spiro atoms. The summed E-state index contributed by atoms with van der Waals surface area (Å²) in [6, 6.07) is 0.367. The molecule has 0 saturated heterocycles. The van der Waals surface area contributed by atoms with Gasteiger partial charge in [0.2, 0.25) is 0 Å². The first-order chi connectivity index (χ1) is 5.58. The van der Waals surface area contributed by atoms with Crippen molar-refractivity contribution in [3.05, 3.63) is 0 Å². The highest BCUT2D eigenvalue weighted by atomic mass is 16.5. The van der Waals surface area contributed by atoms with Crippen molar-refractivity contribution in [2.45, 2.75) is 38.8 Å². The Bertz CT molecular complexity index is 113. The van der Waals surface area contributed by atoms with Gasteiger partial charge in [-0.05, 0) is 20.3 Å². The van der Waals surface area contributed by atoms with Gasteiger partial charge < -0.3 is 15.8 Å². The minimum atomic E-state index is -0.0522. The molecule has 3 heteroatoms. The summed E-state index contributed by atoms with van der Waals surface area (Å²) in [4.78, 5) is 0. The van der Waals surface area contributed by atoms with Crippen LogP contribution in [0.4, 0.5) is 0 Å². The summed E-state index contributed by atoms with van der Waals surface area (Å²) in [6.45, 7) is 7.83. The van der Waals surface area contributed by atoms with Gasteiger partial charge in [-0.3, -0.25) is 0 Å². The normalized spacial score (nSPS) is 18.8. The third-order valence-electron chi connectivity index (χ3n) is 2.42. The Balaban J connectivity index is 3.72. The van der Waals surface area contributed by atoms with Gasteiger partial charge >= 0.3 is 0 Å². The van der Waals surface area contributed by atoms with E-state index in [1.54, 1.807) is 7.11 Å². The van der Waals surface area contributed by atoms with Crippen LogP contribution in [0.25, 0.3) is 0 Å². The fourth-order valence-electron chi connectivity index (χ4n) is 0.815. The SMILES string of the molecule is CCC(C)(CN[C@@H](C)CN)OC. The van der Waals surface area contributed by atoms with Gasteiger partial charge in [-0.2, -0.15) is 0 Å². The highest BCUT2D eigenvalue weighted by molar-refractivity contribution is 4.77. The molecule has 0 bridgehead atoms. The van der Waals surface area contributed by atoms with Crippen molar-refractivity contribution in [2.75, 3.05) is 20.2 Å². The van der Waals surface area contributed by atoms with Crippen molar-refractivity contribution in [2.24, 2.45) is 5.73 Å². The lowest BCUT2D eigenvalue weighted by molar-refractivity contribution is 0.00220. The first-order valence-electron chi connectivity index (χ1n) is 4.56. The third-order valence-corrected chi connectivity index (χ3v) is 2.42. The third kappa shape index (κ3) is 4.04. The molecule has 2 atom stereocenters. The van der Waals surface area contributed by atoms with Crippen LogP contribution < -0.4 is 11.1 Å². The maximum absolute atomic E-state index is 5.48. The van der Waals surface area contributed by atoms with E-state index in [0.29, 0.717) is 12.6 Å². The second-order valence-corrected chi connectivity index (χ2v) is 3.53. The van der Waals surface area contributed by atoms with Crippen LogP contribution in [-0.4, -0.2) is 31.8 Å². The standard InChI is InChI=1S/C9H22N2O/c1-5-9(3,12-4)7-11-8(2)6-10/h8,11H,5-7,10H2,1-4H3/t8-,9?/m0/s1. The number of nitrogens with one attached hydrogen (secondary N) is 1. The van der Waals surface area contributed by atoms with E-state index in [1.165, 1.54) is 0 Å². The highest BCUT2D eigenvalue weighted by Crippen LogP contribution is 2.11. The molecular formula is C9H22N2O. The number of rotatable bonds is 6.